The molecule has 0 bridgehead atoms. The van der Waals surface area contributed by atoms with Gasteiger partial charge in [0.05, 0.1) is 28.5 Å². The van der Waals surface area contributed by atoms with Crippen molar-refractivity contribution in [2.24, 2.45) is 0 Å². The van der Waals surface area contributed by atoms with Gasteiger partial charge in [0.25, 0.3) is 5.91 Å². The van der Waals surface area contributed by atoms with Crippen LogP contribution in [0.3, 0.4) is 0 Å². The smallest absolute Gasteiger partial charge is 0.416 e. The van der Waals surface area contributed by atoms with E-state index < -0.39 is 28.3 Å². The molecule has 1 aliphatic rings. The first-order valence-corrected chi connectivity index (χ1v) is 9.89. The van der Waals surface area contributed by atoms with Gasteiger partial charge in [-0.25, -0.2) is 0 Å². The predicted octanol–water partition coefficient (Wildman–Crippen LogP) is 5.25. The normalized spacial score (nSPS) is 14.3. The largest absolute Gasteiger partial charge is 0.487 e. The number of nitrogens with one attached hydrogen (secondary N) is 1. The molecule has 0 unspecified atom stereocenters. The number of nitro groups is 1. The zero-order chi connectivity index (χ0) is 22.6. The van der Waals surface area contributed by atoms with E-state index in [0.29, 0.717) is 18.8 Å². The molecule has 0 aromatic heterocycles. The summed E-state index contributed by atoms with van der Waals surface area (Å²) in [5, 5.41) is 13.8. The van der Waals surface area contributed by atoms with Crippen LogP contribution in [0.15, 0.2) is 36.4 Å². The van der Waals surface area contributed by atoms with Gasteiger partial charge in [-0.1, -0.05) is 0 Å². The Bertz CT molecular complexity index is 973. The highest BCUT2D eigenvalue weighted by atomic mass is 19.4. The summed E-state index contributed by atoms with van der Waals surface area (Å²) >= 11 is 0. The Balaban J connectivity index is 1.95. The number of halogens is 3. The maximum atomic E-state index is 13.2. The molecular weight excluding hydrogens is 415 g/mol. The maximum absolute atomic E-state index is 13.2. The molecule has 7 nitrogen and oxygen atoms in total. The second kappa shape index (κ2) is 9.23. The van der Waals surface area contributed by atoms with Crippen molar-refractivity contribution in [2.75, 3.05) is 29.9 Å². The highest BCUT2D eigenvalue weighted by Gasteiger charge is 2.32. The van der Waals surface area contributed by atoms with E-state index in [1.165, 1.54) is 18.2 Å². The summed E-state index contributed by atoms with van der Waals surface area (Å²) in [5.74, 6) is -0.735. The Hall–Kier alpha value is -3.30. The van der Waals surface area contributed by atoms with Gasteiger partial charge < -0.3 is 15.0 Å². The minimum atomic E-state index is -4.57. The lowest BCUT2D eigenvalue weighted by molar-refractivity contribution is -0.385. The Labute approximate surface area is 177 Å². The topological polar surface area (TPSA) is 84.7 Å². The highest BCUT2D eigenvalue weighted by molar-refractivity contribution is 6.06. The molecule has 1 aliphatic heterocycles. The van der Waals surface area contributed by atoms with E-state index >= 15 is 0 Å². The quantitative estimate of drug-likeness (QED) is 0.493. The fourth-order valence-electron chi connectivity index (χ4n) is 3.50. The molecule has 3 rings (SSSR count). The molecule has 10 heteroatoms. The SMILES string of the molecule is CCOc1ccc(C(=O)Nc2cc(C(F)(F)F)ccc2N2CCCCC2)cc1[N+](=O)[O-]. The molecule has 0 aliphatic carbocycles. The van der Waals surface area contributed by atoms with Crippen molar-refractivity contribution in [2.45, 2.75) is 32.4 Å². The molecule has 0 spiro atoms. The molecular formula is C21H22F3N3O4. The first-order valence-electron chi connectivity index (χ1n) is 9.89. The van der Waals surface area contributed by atoms with Gasteiger partial charge >= 0.3 is 11.9 Å². The van der Waals surface area contributed by atoms with Gasteiger partial charge in [-0.3, -0.25) is 14.9 Å². The molecule has 1 N–H and O–H groups in total. The second-order valence-electron chi connectivity index (χ2n) is 7.10. The summed E-state index contributed by atoms with van der Waals surface area (Å²) in [6.07, 6.45) is -1.73. The summed E-state index contributed by atoms with van der Waals surface area (Å²) in [7, 11) is 0. The van der Waals surface area contributed by atoms with E-state index in [1.54, 1.807) is 6.92 Å². The third kappa shape index (κ3) is 5.25. The number of piperidine rings is 1. The number of carbonyl (C=O) groups is 1. The van der Waals surface area contributed by atoms with Crippen LogP contribution >= 0.6 is 0 Å². The molecule has 0 radical (unpaired) electrons. The van der Waals surface area contributed by atoms with Crippen LogP contribution in [0.2, 0.25) is 0 Å². The van der Waals surface area contributed by atoms with Gasteiger partial charge in [0, 0.05) is 24.7 Å². The highest BCUT2D eigenvalue weighted by Crippen LogP contribution is 2.37. The van der Waals surface area contributed by atoms with Crippen LogP contribution in [0, 0.1) is 10.1 Å². The zero-order valence-electron chi connectivity index (χ0n) is 16.9. The summed E-state index contributed by atoms with van der Waals surface area (Å²) in [5.41, 5.74) is -0.840. The minimum Gasteiger partial charge on any atom is -0.487 e. The second-order valence-corrected chi connectivity index (χ2v) is 7.10. The van der Waals surface area contributed by atoms with Crippen molar-refractivity contribution in [3.8, 4) is 5.75 Å². The number of hydrogen-bond acceptors (Lipinski definition) is 5. The molecule has 1 saturated heterocycles. The van der Waals surface area contributed by atoms with Crippen molar-refractivity contribution in [3.63, 3.8) is 0 Å². The Morgan fingerprint density at radius 2 is 1.87 bits per heavy atom. The lowest BCUT2D eigenvalue weighted by Crippen LogP contribution is -2.30. The van der Waals surface area contributed by atoms with Crippen LogP contribution in [0.5, 0.6) is 5.75 Å². The molecule has 0 saturated carbocycles. The van der Waals surface area contributed by atoms with Gasteiger partial charge in [-0.15, -0.1) is 0 Å². The molecule has 1 heterocycles. The van der Waals surface area contributed by atoms with Crippen LogP contribution in [-0.4, -0.2) is 30.5 Å². The molecule has 1 fully saturated rings. The number of ether oxygens (including phenoxy) is 1. The maximum Gasteiger partial charge on any atom is 0.416 e. The average molecular weight is 437 g/mol. The van der Waals surface area contributed by atoms with E-state index in [9.17, 15) is 28.1 Å². The predicted molar refractivity (Wildman–Crippen MR) is 110 cm³/mol. The third-order valence-electron chi connectivity index (χ3n) is 4.99. The number of carbonyl (C=O) groups excluding carboxylic acids is 1. The van der Waals surface area contributed by atoms with E-state index in [-0.39, 0.29) is 23.6 Å². The number of benzene rings is 2. The third-order valence-corrected chi connectivity index (χ3v) is 4.99. The summed E-state index contributed by atoms with van der Waals surface area (Å²) in [4.78, 5) is 25.3. The Kier molecular flexibility index (Phi) is 6.67. The van der Waals surface area contributed by atoms with Crippen LogP contribution in [0.25, 0.3) is 0 Å². The number of nitro benzene ring substituents is 1. The summed E-state index contributed by atoms with van der Waals surface area (Å²) in [6.45, 7) is 3.21. The summed E-state index contributed by atoms with van der Waals surface area (Å²) < 4.78 is 44.9. The number of anilines is 2. The van der Waals surface area contributed by atoms with Gasteiger partial charge in [0.2, 0.25) is 0 Å². The van der Waals surface area contributed by atoms with Crippen LogP contribution in [0.4, 0.5) is 30.2 Å². The van der Waals surface area contributed by atoms with Crippen LogP contribution in [0.1, 0.15) is 42.1 Å². The molecule has 2 aromatic rings. The van der Waals surface area contributed by atoms with Crippen molar-refractivity contribution in [1.29, 1.82) is 0 Å². The van der Waals surface area contributed by atoms with Crippen molar-refractivity contribution < 1.29 is 27.6 Å². The number of alkyl halides is 3. The monoisotopic (exact) mass is 437 g/mol. The number of hydrogen-bond donors (Lipinski definition) is 1. The average Bonchev–Trinajstić information content (AvgIpc) is 2.74. The zero-order valence-corrected chi connectivity index (χ0v) is 16.9. The van der Waals surface area contributed by atoms with Gasteiger partial charge in [-0.05, 0) is 56.5 Å². The lowest BCUT2D eigenvalue weighted by Gasteiger charge is -2.31. The van der Waals surface area contributed by atoms with E-state index in [2.05, 4.69) is 5.32 Å². The first-order chi connectivity index (χ1) is 14.7. The Morgan fingerprint density at radius 3 is 2.48 bits per heavy atom. The van der Waals surface area contributed by atoms with Crippen molar-refractivity contribution in [3.05, 3.63) is 57.6 Å². The number of nitrogens with zero attached hydrogens (tertiary/aromatic N) is 2. The fourth-order valence-corrected chi connectivity index (χ4v) is 3.50. The first kappa shape index (κ1) is 22.4. The number of amides is 1. The molecule has 166 valence electrons. The number of rotatable bonds is 6. The summed E-state index contributed by atoms with van der Waals surface area (Å²) in [6, 6.07) is 6.92. The standard InChI is InChI=1S/C21H22F3N3O4/c1-2-31-19-9-6-14(12-18(19)27(29)30)20(28)25-16-13-15(21(22,23)24)7-8-17(16)26-10-4-3-5-11-26/h6-9,12-13H,2-5,10-11H2,1H3,(H,25,28). The minimum absolute atomic E-state index is 0.0112. The van der Waals surface area contributed by atoms with Crippen LogP contribution in [-0.2, 0) is 6.18 Å². The van der Waals surface area contributed by atoms with Gasteiger partial charge in [-0.2, -0.15) is 13.2 Å². The van der Waals surface area contributed by atoms with Crippen molar-refractivity contribution in [1.82, 2.24) is 0 Å². The molecule has 0 atom stereocenters. The van der Waals surface area contributed by atoms with E-state index in [1.807, 2.05) is 4.90 Å². The Morgan fingerprint density at radius 1 is 1.16 bits per heavy atom. The fraction of sp³-hybridized carbons (Fsp3) is 0.381. The van der Waals surface area contributed by atoms with E-state index in [0.717, 1.165) is 37.5 Å². The van der Waals surface area contributed by atoms with Crippen molar-refractivity contribution >= 4 is 23.0 Å². The van der Waals surface area contributed by atoms with Crippen LogP contribution < -0.4 is 15.0 Å². The molecule has 2 aromatic carbocycles. The van der Waals surface area contributed by atoms with Gasteiger partial charge in [0.1, 0.15) is 0 Å². The molecule has 1 amide bonds. The van der Waals surface area contributed by atoms with E-state index in [4.69, 9.17) is 4.74 Å². The molecule has 31 heavy (non-hydrogen) atoms. The van der Waals surface area contributed by atoms with Gasteiger partial charge in [0.15, 0.2) is 5.75 Å². The lowest BCUT2D eigenvalue weighted by atomic mass is 10.1.